The highest BCUT2D eigenvalue weighted by atomic mass is 32.2. The van der Waals surface area contributed by atoms with E-state index in [-0.39, 0.29) is 11.7 Å². The molecule has 0 aliphatic carbocycles. The smallest absolute Gasteiger partial charge is 0.250 e. The fourth-order valence-electron chi connectivity index (χ4n) is 1.75. The van der Waals surface area contributed by atoms with Gasteiger partial charge < -0.3 is 0 Å². The molecule has 2 rings (SSSR count). The Bertz CT molecular complexity index is 719. The average Bonchev–Trinajstić information content (AvgIpc) is 2.80. The maximum absolute atomic E-state index is 12.0. The van der Waals surface area contributed by atoms with Gasteiger partial charge in [-0.1, -0.05) is 26.0 Å². The van der Waals surface area contributed by atoms with E-state index in [1.807, 2.05) is 13.8 Å². The summed E-state index contributed by atoms with van der Waals surface area (Å²) in [5.41, 5.74) is 1.21. The largest absolute Gasteiger partial charge is 0.340 e. The molecule has 6 nitrogen and oxygen atoms in total. The molecule has 0 spiro atoms. The van der Waals surface area contributed by atoms with Gasteiger partial charge in [0, 0.05) is 0 Å². The number of amides is 1. The van der Waals surface area contributed by atoms with Crippen LogP contribution >= 0.6 is 0 Å². The molecule has 0 aliphatic rings. The van der Waals surface area contributed by atoms with Gasteiger partial charge in [0.1, 0.15) is 6.33 Å². The van der Waals surface area contributed by atoms with Crippen LogP contribution in [0.15, 0.2) is 30.6 Å². The number of nitrogens with zero attached hydrogens (tertiary/aromatic N) is 2. The maximum Gasteiger partial charge on any atom is 0.340 e. The quantitative estimate of drug-likeness (QED) is 0.935. The summed E-state index contributed by atoms with van der Waals surface area (Å²) in [6.07, 6.45) is 1.82. The van der Waals surface area contributed by atoms with Crippen LogP contribution in [0.5, 0.6) is 0 Å². The standard InChI is InChI=1S/C13H17N3O3S/c1-10(2)7-8-20(18,19)15-13(17)16-9-14-11-5-3-4-6-12(11)16/h3-6,9-10H,7-8H2,1-2H3,(H,15,17). The van der Waals surface area contributed by atoms with Crippen molar-refractivity contribution >= 4 is 27.1 Å². The van der Waals surface area contributed by atoms with Crippen molar-refractivity contribution in [2.24, 2.45) is 5.92 Å². The normalized spacial score (nSPS) is 11.9. The minimum absolute atomic E-state index is 0.0664. The van der Waals surface area contributed by atoms with E-state index < -0.39 is 16.1 Å². The summed E-state index contributed by atoms with van der Waals surface area (Å²) in [6, 6.07) is 6.33. The maximum atomic E-state index is 12.0. The molecule has 0 unspecified atom stereocenters. The number of fused-ring (bicyclic) bond motifs is 1. The van der Waals surface area contributed by atoms with Gasteiger partial charge in [-0.2, -0.15) is 0 Å². The molecule has 0 fully saturated rings. The Morgan fingerprint density at radius 3 is 2.75 bits per heavy atom. The topological polar surface area (TPSA) is 81.1 Å². The number of carbonyl (C=O) groups excluding carboxylic acids is 1. The second-order valence-electron chi connectivity index (χ2n) is 5.01. The van der Waals surface area contributed by atoms with Gasteiger partial charge in [0.25, 0.3) is 0 Å². The molecule has 0 radical (unpaired) electrons. The summed E-state index contributed by atoms with van der Waals surface area (Å²) in [7, 11) is -3.62. The number of hydrogen-bond acceptors (Lipinski definition) is 4. The average molecular weight is 295 g/mol. The Hall–Kier alpha value is -1.89. The number of hydrogen-bond donors (Lipinski definition) is 1. The zero-order valence-electron chi connectivity index (χ0n) is 11.4. The molecule has 0 saturated heterocycles. The molecule has 1 amide bonds. The molecular formula is C13H17N3O3S. The number of para-hydroxylation sites is 2. The Balaban J connectivity index is 2.16. The first-order valence-corrected chi connectivity index (χ1v) is 8.01. The molecular weight excluding hydrogens is 278 g/mol. The third-order valence-electron chi connectivity index (χ3n) is 2.88. The summed E-state index contributed by atoms with van der Waals surface area (Å²) >= 11 is 0. The van der Waals surface area contributed by atoms with Crippen molar-refractivity contribution in [2.45, 2.75) is 20.3 Å². The third-order valence-corrected chi connectivity index (χ3v) is 4.14. The van der Waals surface area contributed by atoms with Crippen LogP contribution in [0, 0.1) is 5.92 Å². The van der Waals surface area contributed by atoms with Crippen LogP contribution in [0.1, 0.15) is 20.3 Å². The molecule has 1 aromatic heterocycles. The van der Waals surface area contributed by atoms with E-state index in [1.54, 1.807) is 24.3 Å². The van der Waals surface area contributed by atoms with E-state index in [1.165, 1.54) is 10.9 Å². The Labute approximate surface area is 117 Å². The number of carbonyl (C=O) groups is 1. The number of imidazole rings is 1. The highest BCUT2D eigenvalue weighted by molar-refractivity contribution is 7.90. The fraction of sp³-hybridized carbons (Fsp3) is 0.385. The number of benzene rings is 1. The number of rotatable bonds is 4. The Kier molecular flexibility index (Phi) is 4.08. The lowest BCUT2D eigenvalue weighted by Gasteiger charge is -2.09. The van der Waals surface area contributed by atoms with Crippen molar-refractivity contribution in [3.63, 3.8) is 0 Å². The first-order chi connectivity index (χ1) is 9.39. The minimum Gasteiger partial charge on any atom is -0.250 e. The number of sulfonamides is 1. The molecule has 1 N–H and O–H groups in total. The first-order valence-electron chi connectivity index (χ1n) is 6.36. The monoisotopic (exact) mass is 295 g/mol. The lowest BCUT2D eigenvalue weighted by atomic mass is 10.2. The van der Waals surface area contributed by atoms with Gasteiger partial charge in [0.2, 0.25) is 10.0 Å². The lowest BCUT2D eigenvalue weighted by molar-refractivity contribution is 0.248. The van der Waals surface area contributed by atoms with Gasteiger partial charge >= 0.3 is 6.03 Å². The highest BCUT2D eigenvalue weighted by Crippen LogP contribution is 2.11. The highest BCUT2D eigenvalue weighted by Gasteiger charge is 2.17. The minimum atomic E-state index is -3.62. The van der Waals surface area contributed by atoms with Crippen molar-refractivity contribution in [1.29, 1.82) is 0 Å². The summed E-state index contributed by atoms with van der Waals surface area (Å²) < 4.78 is 26.9. The molecule has 1 heterocycles. The van der Waals surface area contributed by atoms with E-state index in [4.69, 9.17) is 0 Å². The predicted molar refractivity (Wildman–Crippen MR) is 76.9 cm³/mol. The van der Waals surface area contributed by atoms with Crippen LogP contribution < -0.4 is 4.72 Å². The van der Waals surface area contributed by atoms with Crippen LogP contribution in [0.3, 0.4) is 0 Å². The van der Waals surface area contributed by atoms with Gasteiger partial charge in [-0.15, -0.1) is 0 Å². The summed E-state index contributed by atoms with van der Waals surface area (Å²) in [6.45, 7) is 3.86. The summed E-state index contributed by atoms with van der Waals surface area (Å²) in [5, 5.41) is 0. The van der Waals surface area contributed by atoms with Gasteiger partial charge in [-0.05, 0) is 24.5 Å². The predicted octanol–water partition coefficient (Wildman–Crippen LogP) is 1.97. The molecule has 2 aromatic rings. The van der Waals surface area contributed by atoms with Crippen LogP contribution in [0.4, 0.5) is 4.79 Å². The van der Waals surface area contributed by atoms with Crippen molar-refractivity contribution in [2.75, 3.05) is 5.75 Å². The van der Waals surface area contributed by atoms with Gasteiger partial charge in [0.05, 0.1) is 16.8 Å². The lowest BCUT2D eigenvalue weighted by Crippen LogP contribution is -2.35. The van der Waals surface area contributed by atoms with Gasteiger partial charge in [-0.25, -0.2) is 27.5 Å². The van der Waals surface area contributed by atoms with Crippen LogP contribution in [-0.2, 0) is 10.0 Å². The van der Waals surface area contributed by atoms with Crippen molar-refractivity contribution in [1.82, 2.24) is 14.3 Å². The molecule has 7 heteroatoms. The first kappa shape index (κ1) is 14.5. The van der Waals surface area contributed by atoms with Crippen LogP contribution in [0.25, 0.3) is 11.0 Å². The molecule has 0 bridgehead atoms. The zero-order chi connectivity index (χ0) is 14.8. The van der Waals surface area contributed by atoms with E-state index in [9.17, 15) is 13.2 Å². The van der Waals surface area contributed by atoms with E-state index in [0.717, 1.165) is 0 Å². The number of aromatic nitrogens is 2. The van der Waals surface area contributed by atoms with Gasteiger partial charge in [0.15, 0.2) is 0 Å². The SMILES string of the molecule is CC(C)CCS(=O)(=O)NC(=O)n1cnc2ccccc21. The van der Waals surface area contributed by atoms with E-state index in [2.05, 4.69) is 9.71 Å². The molecule has 0 aliphatic heterocycles. The fourth-order valence-corrected chi connectivity index (χ4v) is 2.99. The van der Waals surface area contributed by atoms with E-state index >= 15 is 0 Å². The van der Waals surface area contributed by atoms with Crippen LogP contribution in [-0.4, -0.2) is 29.8 Å². The molecule has 20 heavy (non-hydrogen) atoms. The Morgan fingerprint density at radius 1 is 1.35 bits per heavy atom. The summed E-state index contributed by atoms with van der Waals surface area (Å²) in [4.78, 5) is 16.1. The molecule has 1 aromatic carbocycles. The van der Waals surface area contributed by atoms with E-state index in [0.29, 0.717) is 17.5 Å². The molecule has 0 atom stereocenters. The second-order valence-corrected chi connectivity index (χ2v) is 6.85. The summed E-state index contributed by atoms with van der Waals surface area (Å²) in [5.74, 6) is 0.194. The third kappa shape index (κ3) is 3.36. The van der Waals surface area contributed by atoms with Crippen molar-refractivity contribution in [3.05, 3.63) is 30.6 Å². The van der Waals surface area contributed by atoms with Crippen LogP contribution in [0.2, 0.25) is 0 Å². The van der Waals surface area contributed by atoms with Gasteiger partial charge in [-0.3, -0.25) is 0 Å². The Morgan fingerprint density at radius 2 is 2.05 bits per heavy atom. The van der Waals surface area contributed by atoms with Crippen molar-refractivity contribution < 1.29 is 13.2 Å². The second kappa shape index (κ2) is 5.62. The zero-order valence-corrected chi connectivity index (χ0v) is 12.2. The molecule has 108 valence electrons. The molecule has 0 saturated carbocycles. The van der Waals surface area contributed by atoms with Crippen molar-refractivity contribution in [3.8, 4) is 0 Å². The number of nitrogens with one attached hydrogen (secondary N) is 1.